The first-order valence-electron chi connectivity index (χ1n) is 7.31. The summed E-state index contributed by atoms with van der Waals surface area (Å²) >= 11 is 0. The lowest BCUT2D eigenvalue weighted by Crippen LogP contribution is -2.17. The smallest absolute Gasteiger partial charge is 0.478 e. The third-order valence-electron chi connectivity index (χ3n) is 3.77. The summed E-state index contributed by atoms with van der Waals surface area (Å²) < 4.78 is 40.4. The molecule has 2 N–H and O–H groups in total. The van der Waals surface area contributed by atoms with Gasteiger partial charge in [-0.05, 0) is 35.9 Å². The molecule has 8 heteroatoms. The number of hydrogen-bond acceptors (Lipinski definition) is 3. The Labute approximate surface area is 140 Å². The van der Waals surface area contributed by atoms with Gasteiger partial charge in [0, 0.05) is 5.92 Å². The zero-order valence-corrected chi connectivity index (χ0v) is 13.0. The number of aromatic amines is 1. The number of carboxylic acids is 1. The predicted octanol–water partition coefficient (Wildman–Crippen LogP) is 4.31. The molecule has 0 radical (unpaired) electrons. The van der Waals surface area contributed by atoms with Crippen LogP contribution in [0.2, 0.25) is 0 Å². The van der Waals surface area contributed by atoms with Crippen LogP contribution < -0.4 is 4.74 Å². The Morgan fingerprint density at radius 1 is 1.20 bits per heavy atom. The quantitative estimate of drug-likeness (QED) is 0.735. The minimum atomic E-state index is -4.73. The fourth-order valence-electron chi connectivity index (χ4n) is 2.48. The summed E-state index contributed by atoms with van der Waals surface area (Å²) in [4.78, 5) is 18.5. The Morgan fingerprint density at radius 2 is 1.88 bits per heavy atom. The Morgan fingerprint density at radius 3 is 2.48 bits per heavy atom. The van der Waals surface area contributed by atoms with Gasteiger partial charge in [0.25, 0.3) is 0 Å². The number of benzene rings is 2. The van der Waals surface area contributed by atoms with Crippen LogP contribution in [0.4, 0.5) is 13.2 Å². The van der Waals surface area contributed by atoms with Crippen molar-refractivity contribution in [2.75, 3.05) is 0 Å². The minimum Gasteiger partial charge on any atom is -0.478 e. The monoisotopic (exact) mass is 350 g/mol. The van der Waals surface area contributed by atoms with Crippen LogP contribution in [-0.4, -0.2) is 27.4 Å². The maximum Gasteiger partial charge on any atom is 0.573 e. The number of ether oxygens (including phenoxy) is 1. The maximum atomic E-state index is 12.2. The van der Waals surface area contributed by atoms with E-state index in [-0.39, 0.29) is 17.2 Å². The summed E-state index contributed by atoms with van der Waals surface area (Å²) in [5.74, 6) is -0.971. The third kappa shape index (κ3) is 3.73. The normalized spacial score (nSPS) is 13.0. The number of rotatable bonds is 4. The van der Waals surface area contributed by atoms with Crippen LogP contribution in [0.5, 0.6) is 5.75 Å². The number of aromatic nitrogens is 2. The first kappa shape index (κ1) is 16.8. The Hall–Kier alpha value is -3.03. The van der Waals surface area contributed by atoms with Crippen LogP contribution in [0.25, 0.3) is 11.0 Å². The van der Waals surface area contributed by atoms with Crippen molar-refractivity contribution < 1.29 is 27.8 Å². The van der Waals surface area contributed by atoms with Crippen molar-refractivity contribution in [2.45, 2.75) is 19.2 Å². The van der Waals surface area contributed by atoms with Crippen LogP contribution in [-0.2, 0) is 0 Å². The number of fused-ring (bicyclic) bond motifs is 1. The Balaban J connectivity index is 1.86. The summed E-state index contributed by atoms with van der Waals surface area (Å²) in [6, 6.07) is 10.1. The van der Waals surface area contributed by atoms with Crippen molar-refractivity contribution in [3.8, 4) is 5.75 Å². The van der Waals surface area contributed by atoms with Gasteiger partial charge in [0.15, 0.2) is 0 Å². The van der Waals surface area contributed by atoms with Gasteiger partial charge in [0.05, 0.1) is 16.6 Å². The van der Waals surface area contributed by atoms with Gasteiger partial charge in [-0.1, -0.05) is 19.1 Å². The molecule has 1 aromatic heterocycles. The Kier molecular flexibility index (Phi) is 4.12. The molecular weight excluding hydrogens is 337 g/mol. The molecule has 0 spiro atoms. The van der Waals surface area contributed by atoms with Gasteiger partial charge in [-0.25, -0.2) is 9.78 Å². The first-order chi connectivity index (χ1) is 11.7. The lowest BCUT2D eigenvalue weighted by atomic mass is 10.0. The third-order valence-corrected chi connectivity index (χ3v) is 3.77. The van der Waals surface area contributed by atoms with Gasteiger partial charge in [0.2, 0.25) is 0 Å². The molecule has 5 nitrogen and oxygen atoms in total. The van der Waals surface area contributed by atoms with E-state index in [1.54, 1.807) is 6.07 Å². The summed E-state index contributed by atoms with van der Waals surface area (Å²) in [6.45, 7) is 1.84. The lowest BCUT2D eigenvalue weighted by molar-refractivity contribution is -0.274. The van der Waals surface area contributed by atoms with Gasteiger partial charge in [-0.15, -0.1) is 13.2 Å². The molecule has 0 aliphatic heterocycles. The van der Waals surface area contributed by atoms with Crippen molar-refractivity contribution in [2.24, 2.45) is 0 Å². The van der Waals surface area contributed by atoms with Crippen LogP contribution in [0.15, 0.2) is 42.5 Å². The maximum absolute atomic E-state index is 12.2. The van der Waals surface area contributed by atoms with Gasteiger partial charge in [0.1, 0.15) is 11.6 Å². The van der Waals surface area contributed by atoms with E-state index in [2.05, 4.69) is 14.7 Å². The highest BCUT2D eigenvalue weighted by Crippen LogP contribution is 2.28. The van der Waals surface area contributed by atoms with Crippen LogP contribution in [0.3, 0.4) is 0 Å². The van der Waals surface area contributed by atoms with E-state index in [1.807, 2.05) is 6.92 Å². The summed E-state index contributed by atoms with van der Waals surface area (Å²) in [6.07, 6.45) is -4.73. The van der Waals surface area contributed by atoms with E-state index >= 15 is 0 Å². The zero-order chi connectivity index (χ0) is 18.2. The molecule has 1 atom stereocenters. The van der Waals surface area contributed by atoms with Crippen molar-refractivity contribution in [3.05, 3.63) is 59.4 Å². The molecule has 130 valence electrons. The number of alkyl halides is 3. The second kappa shape index (κ2) is 6.12. The van der Waals surface area contributed by atoms with Gasteiger partial charge >= 0.3 is 12.3 Å². The fourth-order valence-corrected chi connectivity index (χ4v) is 2.48. The fraction of sp³-hybridized carbons (Fsp3) is 0.176. The molecule has 0 bridgehead atoms. The van der Waals surface area contributed by atoms with Gasteiger partial charge in [-0.2, -0.15) is 0 Å². The number of aromatic carboxylic acids is 1. The van der Waals surface area contributed by atoms with Crippen LogP contribution in [0.1, 0.15) is 34.6 Å². The molecule has 0 amide bonds. The second-order valence-corrected chi connectivity index (χ2v) is 5.50. The first-order valence-corrected chi connectivity index (χ1v) is 7.31. The van der Waals surface area contributed by atoms with Crippen molar-refractivity contribution in [3.63, 3.8) is 0 Å². The highest BCUT2D eigenvalue weighted by atomic mass is 19.4. The highest BCUT2D eigenvalue weighted by Gasteiger charge is 2.31. The molecule has 0 saturated carbocycles. The number of hydrogen-bond donors (Lipinski definition) is 2. The molecule has 0 aliphatic rings. The number of carboxylic acid groups (broad SMARTS) is 1. The molecule has 3 aromatic rings. The number of imidazole rings is 1. The number of carbonyl (C=O) groups is 1. The number of nitrogens with one attached hydrogen (secondary N) is 1. The number of H-pyrrole nitrogens is 1. The summed E-state index contributed by atoms with van der Waals surface area (Å²) in [7, 11) is 0. The second-order valence-electron chi connectivity index (χ2n) is 5.50. The molecule has 0 aliphatic carbocycles. The van der Waals surface area contributed by atoms with E-state index in [4.69, 9.17) is 5.11 Å². The SMILES string of the molecule is CC(c1ccc(OC(F)(F)F)cc1)c1nc2cc(C(=O)O)ccc2[nH]1. The summed E-state index contributed by atoms with van der Waals surface area (Å²) in [5, 5.41) is 9.01. The number of halogens is 3. The molecule has 2 aromatic carbocycles. The van der Waals surface area contributed by atoms with Crippen molar-refractivity contribution in [1.82, 2.24) is 9.97 Å². The van der Waals surface area contributed by atoms with Crippen LogP contribution in [0, 0.1) is 0 Å². The van der Waals surface area contributed by atoms with E-state index in [1.165, 1.54) is 36.4 Å². The van der Waals surface area contributed by atoms with E-state index < -0.39 is 12.3 Å². The summed E-state index contributed by atoms with van der Waals surface area (Å²) in [5.41, 5.74) is 2.07. The average Bonchev–Trinajstić information content (AvgIpc) is 2.96. The van der Waals surface area contributed by atoms with Crippen molar-refractivity contribution in [1.29, 1.82) is 0 Å². The molecule has 1 unspecified atom stereocenters. The predicted molar refractivity (Wildman–Crippen MR) is 83.7 cm³/mol. The lowest BCUT2D eigenvalue weighted by Gasteiger charge is -2.12. The largest absolute Gasteiger partial charge is 0.573 e. The van der Waals surface area contributed by atoms with E-state index in [9.17, 15) is 18.0 Å². The highest BCUT2D eigenvalue weighted by molar-refractivity contribution is 5.92. The standard InChI is InChI=1S/C17H13F3N2O3/c1-9(10-2-5-12(6-3-10)25-17(18,19)20)15-21-13-7-4-11(16(23)24)8-14(13)22-15/h2-9H,1H3,(H,21,22)(H,23,24). The molecular formula is C17H13F3N2O3. The van der Waals surface area contributed by atoms with Gasteiger partial charge < -0.3 is 14.8 Å². The Bertz CT molecular complexity index is 917. The molecule has 0 fully saturated rings. The van der Waals surface area contributed by atoms with E-state index in [0.29, 0.717) is 16.9 Å². The molecule has 25 heavy (non-hydrogen) atoms. The topological polar surface area (TPSA) is 75.2 Å². The molecule has 3 rings (SSSR count). The molecule has 0 saturated heterocycles. The minimum absolute atomic E-state index is 0.131. The molecule has 1 heterocycles. The average molecular weight is 350 g/mol. The van der Waals surface area contributed by atoms with Crippen LogP contribution >= 0.6 is 0 Å². The number of nitrogens with zero attached hydrogens (tertiary/aromatic N) is 1. The van der Waals surface area contributed by atoms with Gasteiger partial charge in [-0.3, -0.25) is 0 Å². The van der Waals surface area contributed by atoms with E-state index in [0.717, 1.165) is 5.56 Å². The van der Waals surface area contributed by atoms with Crippen molar-refractivity contribution >= 4 is 17.0 Å². The zero-order valence-electron chi connectivity index (χ0n) is 13.0.